The van der Waals surface area contributed by atoms with Gasteiger partial charge in [0.05, 0.1) is 6.04 Å². The third-order valence-electron chi connectivity index (χ3n) is 3.62. The van der Waals surface area contributed by atoms with Gasteiger partial charge in [0, 0.05) is 30.2 Å². The smallest absolute Gasteiger partial charge is 0.407 e. The average Bonchev–Trinajstić information content (AvgIpc) is 3.21. The zero-order chi connectivity index (χ0) is 21.8. The molecule has 0 spiro atoms. The number of ether oxygens (including phenoxy) is 1. The standard InChI is InChI=1S/C15H11N3O2.C6H4F2.C2H2/c19-15-18-14(10-20-15)12-7-11(8-16-9-12)4-5-13-3-1-2-6-17-13;7-5-2-1-3-6(8)4-5;1-2/h1-3,6-9,14H,10H2,(H,18,19);1-4H;1-2H/t14-;;/m0../s1. The number of nitrogens with one attached hydrogen (secondary N) is 1. The number of hydrogen-bond acceptors (Lipinski definition) is 4. The minimum atomic E-state index is -0.537. The highest BCUT2D eigenvalue weighted by Crippen LogP contribution is 2.17. The summed E-state index contributed by atoms with van der Waals surface area (Å²) >= 11 is 0. The third-order valence-corrected chi connectivity index (χ3v) is 3.62. The first-order chi connectivity index (χ1) is 14.6. The Labute approximate surface area is 173 Å². The van der Waals surface area contributed by atoms with Crippen LogP contribution in [0.5, 0.6) is 0 Å². The number of hydrogen-bond donors (Lipinski definition) is 1. The Morgan fingerprint density at radius 1 is 1.03 bits per heavy atom. The van der Waals surface area contributed by atoms with Gasteiger partial charge >= 0.3 is 6.09 Å². The van der Waals surface area contributed by atoms with Crippen LogP contribution in [0.4, 0.5) is 13.6 Å². The van der Waals surface area contributed by atoms with E-state index in [0.29, 0.717) is 12.3 Å². The summed E-state index contributed by atoms with van der Waals surface area (Å²) in [6, 6.07) is 11.9. The van der Waals surface area contributed by atoms with E-state index >= 15 is 0 Å². The molecule has 30 heavy (non-hydrogen) atoms. The molecule has 0 radical (unpaired) electrons. The second kappa shape index (κ2) is 11.6. The van der Waals surface area contributed by atoms with Crippen molar-refractivity contribution in [2.75, 3.05) is 6.61 Å². The summed E-state index contributed by atoms with van der Waals surface area (Å²) in [4.78, 5) is 19.3. The summed E-state index contributed by atoms with van der Waals surface area (Å²) in [5.74, 6) is 4.90. The number of carbonyl (C=O) groups is 1. The number of alkyl carbamates (subject to hydrolysis) is 1. The molecule has 1 aliphatic heterocycles. The lowest BCUT2D eigenvalue weighted by Gasteiger charge is -2.06. The van der Waals surface area contributed by atoms with Gasteiger partial charge in [0.25, 0.3) is 0 Å². The van der Waals surface area contributed by atoms with E-state index in [4.69, 9.17) is 4.74 Å². The zero-order valence-corrected chi connectivity index (χ0v) is 15.8. The lowest BCUT2D eigenvalue weighted by Crippen LogP contribution is -2.18. The van der Waals surface area contributed by atoms with Crippen LogP contribution in [0.2, 0.25) is 0 Å². The first-order valence-electron chi connectivity index (χ1n) is 8.66. The lowest BCUT2D eigenvalue weighted by molar-refractivity contribution is 0.177. The molecule has 1 atom stereocenters. The van der Waals surface area contributed by atoms with Gasteiger partial charge in [0.1, 0.15) is 23.9 Å². The van der Waals surface area contributed by atoms with Crippen LogP contribution < -0.4 is 5.32 Å². The molecular formula is C23H17F2N3O2. The Bertz CT molecular complexity index is 1040. The number of pyridine rings is 2. The van der Waals surface area contributed by atoms with Crippen LogP contribution in [-0.4, -0.2) is 22.7 Å². The second-order valence-electron chi connectivity index (χ2n) is 5.71. The fraction of sp³-hybridized carbons (Fsp3) is 0.0870. The number of benzene rings is 1. The average molecular weight is 405 g/mol. The van der Waals surface area contributed by atoms with Crippen LogP contribution in [0.15, 0.2) is 67.1 Å². The van der Waals surface area contributed by atoms with Gasteiger partial charge in [-0.3, -0.25) is 4.98 Å². The first kappa shape index (κ1) is 22.1. The molecule has 0 saturated carbocycles. The van der Waals surface area contributed by atoms with E-state index in [1.165, 1.54) is 18.2 Å². The molecule has 1 aliphatic rings. The molecule has 3 aromatic rings. The van der Waals surface area contributed by atoms with Gasteiger partial charge in [-0.05, 0) is 41.8 Å². The van der Waals surface area contributed by atoms with Crippen LogP contribution in [0.3, 0.4) is 0 Å². The van der Waals surface area contributed by atoms with Crippen molar-refractivity contribution >= 4 is 6.09 Å². The molecule has 1 fully saturated rings. The Hall–Kier alpha value is -4.23. The van der Waals surface area contributed by atoms with E-state index in [2.05, 4.69) is 40.0 Å². The van der Waals surface area contributed by atoms with Crippen molar-refractivity contribution in [2.24, 2.45) is 0 Å². The topological polar surface area (TPSA) is 64.1 Å². The van der Waals surface area contributed by atoms with Gasteiger partial charge in [-0.25, -0.2) is 18.6 Å². The maximum absolute atomic E-state index is 11.9. The van der Waals surface area contributed by atoms with E-state index in [0.717, 1.165) is 17.2 Å². The maximum atomic E-state index is 11.9. The zero-order valence-electron chi connectivity index (χ0n) is 15.8. The van der Waals surface area contributed by atoms with Gasteiger partial charge < -0.3 is 10.1 Å². The molecule has 0 unspecified atom stereocenters. The van der Waals surface area contributed by atoms with Crippen LogP contribution in [-0.2, 0) is 4.74 Å². The van der Waals surface area contributed by atoms with Gasteiger partial charge in [-0.2, -0.15) is 0 Å². The highest BCUT2D eigenvalue weighted by atomic mass is 19.1. The third kappa shape index (κ3) is 7.06. The molecule has 1 aromatic carbocycles. The Kier molecular flexibility index (Phi) is 8.51. The van der Waals surface area contributed by atoms with Crippen LogP contribution in [0.25, 0.3) is 0 Å². The normalized spacial score (nSPS) is 13.7. The number of cyclic esters (lactones) is 1. The van der Waals surface area contributed by atoms with Gasteiger partial charge in [0.2, 0.25) is 0 Å². The minimum absolute atomic E-state index is 0.161. The Balaban J connectivity index is 0.000000269. The molecule has 5 nitrogen and oxygen atoms in total. The van der Waals surface area contributed by atoms with Crippen LogP contribution >= 0.6 is 0 Å². The molecule has 1 N–H and O–H groups in total. The summed E-state index contributed by atoms with van der Waals surface area (Å²) < 4.78 is 28.7. The summed E-state index contributed by atoms with van der Waals surface area (Å²) in [5.41, 5.74) is 2.35. The summed E-state index contributed by atoms with van der Waals surface area (Å²) in [7, 11) is 0. The predicted molar refractivity (Wildman–Crippen MR) is 108 cm³/mol. The number of nitrogens with zero attached hydrogens (tertiary/aromatic N) is 2. The predicted octanol–water partition coefficient (Wildman–Crippen LogP) is 3.87. The van der Waals surface area contributed by atoms with E-state index < -0.39 is 17.7 Å². The number of aromatic nitrogens is 2. The highest BCUT2D eigenvalue weighted by Gasteiger charge is 2.23. The highest BCUT2D eigenvalue weighted by molar-refractivity contribution is 5.70. The molecule has 3 heterocycles. The number of amides is 1. The van der Waals surface area contributed by atoms with Crippen molar-refractivity contribution in [2.45, 2.75) is 6.04 Å². The minimum Gasteiger partial charge on any atom is -0.447 e. The molecule has 2 aromatic heterocycles. The molecule has 4 rings (SSSR count). The molecule has 1 saturated heterocycles. The fourth-order valence-electron chi connectivity index (χ4n) is 2.31. The summed E-state index contributed by atoms with van der Waals surface area (Å²) in [6.07, 6.45) is 12.7. The lowest BCUT2D eigenvalue weighted by atomic mass is 10.1. The molecule has 0 aliphatic carbocycles. The quantitative estimate of drug-likeness (QED) is 0.625. The van der Waals surface area contributed by atoms with Gasteiger partial charge in [-0.15, -0.1) is 12.8 Å². The SMILES string of the molecule is C#C.Fc1cccc(F)c1.O=C1N[C@H](c2cncc(C#Cc3ccccn3)c2)CO1. The van der Waals surface area contributed by atoms with Crippen LogP contribution in [0.1, 0.15) is 22.9 Å². The van der Waals surface area contributed by atoms with Crippen molar-refractivity contribution in [3.8, 4) is 24.7 Å². The van der Waals surface area contributed by atoms with Crippen molar-refractivity contribution in [3.05, 3.63) is 95.6 Å². The van der Waals surface area contributed by atoms with Gasteiger partial charge in [0.15, 0.2) is 0 Å². The molecule has 0 bridgehead atoms. The number of terminal acetylenes is 1. The monoisotopic (exact) mass is 405 g/mol. The summed E-state index contributed by atoms with van der Waals surface area (Å²) in [5, 5.41) is 2.71. The fourth-order valence-corrected chi connectivity index (χ4v) is 2.31. The first-order valence-corrected chi connectivity index (χ1v) is 8.66. The van der Waals surface area contributed by atoms with Gasteiger partial charge in [-0.1, -0.05) is 18.1 Å². The van der Waals surface area contributed by atoms with Crippen molar-refractivity contribution in [1.29, 1.82) is 0 Å². The Morgan fingerprint density at radius 2 is 1.80 bits per heavy atom. The van der Waals surface area contributed by atoms with E-state index in [1.54, 1.807) is 18.6 Å². The van der Waals surface area contributed by atoms with E-state index in [-0.39, 0.29) is 6.04 Å². The second-order valence-corrected chi connectivity index (χ2v) is 5.71. The molecule has 150 valence electrons. The molecule has 1 amide bonds. The number of carbonyl (C=O) groups excluding carboxylic acids is 1. The van der Waals surface area contributed by atoms with Crippen molar-refractivity contribution in [3.63, 3.8) is 0 Å². The van der Waals surface area contributed by atoms with Crippen molar-refractivity contribution < 1.29 is 18.3 Å². The summed E-state index contributed by atoms with van der Waals surface area (Å²) in [6.45, 7) is 0.317. The largest absolute Gasteiger partial charge is 0.447 e. The number of halogens is 2. The number of rotatable bonds is 1. The maximum Gasteiger partial charge on any atom is 0.407 e. The molecule has 7 heteroatoms. The van der Waals surface area contributed by atoms with E-state index in [1.807, 2.05) is 24.3 Å². The van der Waals surface area contributed by atoms with Crippen molar-refractivity contribution in [1.82, 2.24) is 15.3 Å². The molecular weight excluding hydrogens is 388 g/mol. The van der Waals surface area contributed by atoms with Crippen LogP contribution in [0, 0.1) is 36.3 Å². The van der Waals surface area contributed by atoms with E-state index in [9.17, 15) is 13.6 Å². The Morgan fingerprint density at radius 3 is 2.37 bits per heavy atom.